The molecule has 0 amide bonds. The SMILES string of the molecule is CCc1nn(Cc2ccc(OC)cc2)c(C(F)(F)F)c1C(C)(C)C#N. The fourth-order valence-corrected chi connectivity index (χ4v) is 2.78. The lowest BCUT2D eigenvalue weighted by atomic mass is 9.83. The van der Waals surface area contributed by atoms with Crippen molar-refractivity contribution < 1.29 is 17.9 Å². The molecule has 0 N–H and O–H groups in total. The molecule has 0 fully saturated rings. The quantitative estimate of drug-likeness (QED) is 0.806. The minimum atomic E-state index is -4.60. The van der Waals surface area contributed by atoms with E-state index in [0.29, 0.717) is 23.4 Å². The van der Waals surface area contributed by atoms with Crippen molar-refractivity contribution in [2.75, 3.05) is 7.11 Å². The summed E-state index contributed by atoms with van der Waals surface area (Å²) in [6.45, 7) is 4.66. The maximum atomic E-state index is 13.8. The monoisotopic (exact) mass is 351 g/mol. The number of ether oxygens (including phenoxy) is 1. The standard InChI is InChI=1S/C18H20F3N3O/c1-5-14-15(17(2,3)11-22)16(18(19,20)21)24(23-14)10-12-6-8-13(25-4)9-7-12/h6-9H,5,10H2,1-4H3. The maximum absolute atomic E-state index is 13.8. The van der Waals surface area contributed by atoms with Crippen LogP contribution in [-0.4, -0.2) is 16.9 Å². The average Bonchev–Trinajstić information content (AvgIpc) is 2.95. The van der Waals surface area contributed by atoms with E-state index in [1.54, 1.807) is 31.2 Å². The molecule has 1 aromatic carbocycles. The Balaban J connectivity index is 2.59. The summed E-state index contributed by atoms with van der Waals surface area (Å²) in [7, 11) is 1.52. The van der Waals surface area contributed by atoms with Crippen molar-refractivity contribution in [3.8, 4) is 11.8 Å². The Morgan fingerprint density at radius 3 is 2.24 bits per heavy atom. The molecular formula is C18H20F3N3O. The molecule has 0 radical (unpaired) electrons. The first-order valence-electron chi connectivity index (χ1n) is 7.85. The van der Waals surface area contributed by atoms with Crippen LogP contribution in [0.2, 0.25) is 0 Å². The molecule has 25 heavy (non-hydrogen) atoms. The molecule has 1 heterocycles. The molecule has 0 bridgehead atoms. The Kier molecular flexibility index (Phi) is 5.12. The lowest BCUT2D eigenvalue weighted by Gasteiger charge is -2.20. The van der Waals surface area contributed by atoms with Gasteiger partial charge in [-0.05, 0) is 38.0 Å². The van der Waals surface area contributed by atoms with E-state index < -0.39 is 17.3 Å². The fraction of sp³-hybridized carbons (Fsp3) is 0.444. The zero-order chi connectivity index (χ0) is 18.8. The van der Waals surface area contributed by atoms with Crippen LogP contribution in [0.3, 0.4) is 0 Å². The second kappa shape index (κ2) is 6.79. The summed E-state index contributed by atoms with van der Waals surface area (Å²) in [5.41, 5.74) is -1.22. The molecule has 0 saturated carbocycles. The Morgan fingerprint density at radius 1 is 1.20 bits per heavy atom. The Morgan fingerprint density at radius 2 is 1.80 bits per heavy atom. The molecular weight excluding hydrogens is 331 g/mol. The molecule has 134 valence electrons. The summed E-state index contributed by atoms with van der Waals surface area (Å²) < 4.78 is 47.3. The zero-order valence-corrected chi connectivity index (χ0v) is 14.6. The van der Waals surface area contributed by atoms with Gasteiger partial charge in [-0.1, -0.05) is 19.1 Å². The van der Waals surface area contributed by atoms with Crippen molar-refractivity contribution in [2.24, 2.45) is 0 Å². The number of aryl methyl sites for hydroxylation is 1. The first-order valence-corrected chi connectivity index (χ1v) is 7.85. The average molecular weight is 351 g/mol. The van der Waals surface area contributed by atoms with Crippen molar-refractivity contribution in [1.29, 1.82) is 5.26 Å². The first-order chi connectivity index (χ1) is 11.6. The van der Waals surface area contributed by atoms with E-state index in [1.165, 1.54) is 21.0 Å². The highest BCUT2D eigenvalue weighted by Gasteiger charge is 2.44. The molecule has 4 nitrogen and oxygen atoms in total. The smallest absolute Gasteiger partial charge is 0.433 e. The lowest BCUT2D eigenvalue weighted by molar-refractivity contribution is -0.145. The predicted octanol–water partition coefficient (Wildman–Crippen LogP) is 4.32. The molecule has 2 aromatic rings. The van der Waals surface area contributed by atoms with E-state index in [1.807, 2.05) is 6.07 Å². The summed E-state index contributed by atoms with van der Waals surface area (Å²) in [4.78, 5) is 0. The molecule has 2 rings (SSSR count). The van der Waals surface area contributed by atoms with Crippen LogP contribution < -0.4 is 4.74 Å². The minimum absolute atomic E-state index is 0.0344. The molecule has 1 aromatic heterocycles. The predicted molar refractivity (Wildman–Crippen MR) is 87.3 cm³/mol. The van der Waals surface area contributed by atoms with E-state index in [2.05, 4.69) is 5.10 Å². The summed E-state index contributed by atoms with van der Waals surface area (Å²) in [6.07, 6.45) is -4.28. The van der Waals surface area contributed by atoms with Gasteiger partial charge in [-0.2, -0.15) is 23.5 Å². The van der Waals surface area contributed by atoms with Crippen LogP contribution in [0.5, 0.6) is 5.75 Å². The van der Waals surface area contributed by atoms with Gasteiger partial charge >= 0.3 is 6.18 Å². The molecule has 0 atom stereocenters. The Bertz CT molecular complexity index is 784. The summed E-state index contributed by atoms with van der Waals surface area (Å²) in [5, 5.41) is 13.5. The van der Waals surface area contributed by atoms with E-state index in [4.69, 9.17) is 4.74 Å². The van der Waals surface area contributed by atoms with Crippen LogP contribution in [0.4, 0.5) is 13.2 Å². The van der Waals surface area contributed by atoms with Crippen LogP contribution in [-0.2, 0) is 24.6 Å². The minimum Gasteiger partial charge on any atom is -0.497 e. The summed E-state index contributed by atoms with van der Waals surface area (Å²) in [5.74, 6) is 0.626. The lowest BCUT2D eigenvalue weighted by Crippen LogP contribution is -2.24. The van der Waals surface area contributed by atoms with Gasteiger partial charge in [0.2, 0.25) is 0 Å². The van der Waals surface area contributed by atoms with Crippen LogP contribution in [0.15, 0.2) is 24.3 Å². The second-order valence-electron chi connectivity index (χ2n) is 6.26. The van der Waals surface area contributed by atoms with Crippen LogP contribution in [0.25, 0.3) is 0 Å². The number of aromatic nitrogens is 2. The Hall–Kier alpha value is -2.49. The van der Waals surface area contributed by atoms with Crippen molar-refractivity contribution in [1.82, 2.24) is 9.78 Å². The topological polar surface area (TPSA) is 50.8 Å². The van der Waals surface area contributed by atoms with Crippen molar-refractivity contribution in [2.45, 2.75) is 45.3 Å². The van der Waals surface area contributed by atoms with Gasteiger partial charge in [-0.3, -0.25) is 4.68 Å². The van der Waals surface area contributed by atoms with E-state index in [0.717, 1.165) is 4.68 Å². The molecule has 0 aliphatic rings. The van der Waals surface area contributed by atoms with Gasteiger partial charge in [0.25, 0.3) is 0 Å². The van der Waals surface area contributed by atoms with Crippen LogP contribution >= 0.6 is 0 Å². The molecule has 0 aliphatic heterocycles. The summed E-state index contributed by atoms with van der Waals surface area (Å²) in [6, 6.07) is 8.73. The number of benzene rings is 1. The van der Waals surface area contributed by atoms with E-state index >= 15 is 0 Å². The van der Waals surface area contributed by atoms with Crippen LogP contribution in [0.1, 0.15) is 43.3 Å². The largest absolute Gasteiger partial charge is 0.497 e. The molecule has 0 aliphatic carbocycles. The van der Waals surface area contributed by atoms with Gasteiger partial charge in [-0.15, -0.1) is 0 Å². The van der Waals surface area contributed by atoms with Gasteiger partial charge < -0.3 is 4.74 Å². The van der Waals surface area contributed by atoms with Crippen molar-refractivity contribution in [3.63, 3.8) is 0 Å². The van der Waals surface area contributed by atoms with Crippen molar-refractivity contribution >= 4 is 0 Å². The van der Waals surface area contributed by atoms with Gasteiger partial charge in [0, 0.05) is 5.56 Å². The molecule has 0 unspecified atom stereocenters. The number of halogens is 3. The first kappa shape index (κ1) is 18.8. The highest BCUT2D eigenvalue weighted by atomic mass is 19.4. The number of alkyl halides is 3. The number of nitriles is 1. The number of methoxy groups -OCH3 is 1. The highest BCUT2D eigenvalue weighted by Crippen LogP contribution is 2.40. The normalized spacial score (nSPS) is 12.1. The molecule has 7 heteroatoms. The summed E-state index contributed by atoms with van der Waals surface area (Å²) >= 11 is 0. The van der Waals surface area contributed by atoms with Gasteiger partial charge in [0.05, 0.1) is 30.8 Å². The second-order valence-corrected chi connectivity index (χ2v) is 6.26. The number of hydrogen-bond acceptors (Lipinski definition) is 3. The fourth-order valence-electron chi connectivity index (χ4n) is 2.78. The number of rotatable bonds is 5. The van der Waals surface area contributed by atoms with Gasteiger partial charge in [-0.25, -0.2) is 0 Å². The molecule has 0 saturated heterocycles. The molecule has 0 spiro atoms. The van der Waals surface area contributed by atoms with E-state index in [9.17, 15) is 18.4 Å². The third-order valence-electron chi connectivity index (χ3n) is 4.02. The number of hydrogen-bond donors (Lipinski definition) is 0. The third-order valence-corrected chi connectivity index (χ3v) is 4.02. The van der Waals surface area contributed by atoms with E-state index in [-0.39, 0.29) is 12.1 Å². The Labute approximate surface area is 144 Å². The number of nitrogens with zero attached hydrogens (tertiary/aromatic N) is 3. The van der Waals surface area contributed by atoms with Crippen LogP contribution in [0, 0.1) is 11.3 Å². The van der Waals surface area contributed by atoms with Gasteiger partial charge in [0.1, 0.15) is 11.4 Å². The maximum Gasteiger partial charge on any atom is 0.433 e. The van der Waals surface area contributed by atoms with Gasteiger partial charge in [0.15, 0.2) is 0 Å². The highest BCUT2D eigenvalue weighted by molar-refractivity contribution is 5.40. The third kappa shape index (κ3) is 3.78. The zero-order valence-electron chi connectivity index (χ0n) is 14.6. The van der Waals surface area contributed by atoms with Crippen molar-refractivity contribution in [3.05, 3.63) is 46.8 Å².